The summed E-state index contributed by atoms with van der Waals surface area (Å²) in [5, 5.41) is 4.59. The second kappa shape index (κ2) is 7.03. The Labute approximate surface area is 155 Å². The summed E-state index contributed by atoms with van der Waals surface area (Å²) in [5.41, 5.74) is 2.92. The third-order valence-corrected chi connectivity index (χ3v) is 4.40. The van der Waals surface area contributed by atoms with Crippen molar-refractivity contribution < 1.29 is 13.7 Å². The van der Waals surface area contributed by atoms with Crippen LogP contribution in [-0.4, -0.2) is 39.5 Å². The van der Waals surface area contributed by atoms with Crippen molar-refractivity contribution in [2.45, 2.75) is 13.3 Å². The van der Waals surface area contributed by atoms with Crippen LogP contribution in [0.3, 0.4) is 0 Å². The molecule has 0 atom stereocenters. The molecule has 0 bridgehead atoms. The number of amides is 1. The number of furan rings is 1. The first-order valence-corrected chi connectivity index (χ1v) is 8.60. The van der Waals surface area contributed by atoms with Crippen molar-refractivity contribution in [1.29, 1.82) is 0 Å². The Morgan fingerprint density at radius 2 is 2.11 bits per heavy atom. The summed E-state index contributed by atoms with van der Waals surface area (Å²) < 4.78 is 10.7. The zero-order chi connectivity index (χ0) is 18.8. The van der Waals surface area contributed by atoms with Crippen molar-refractivity contribution in [2.75, 3.05) is 13.6 Å². The van der Waals surface area contributed by atoms with Crippen molar-refractivity contribution in [2.24, 2.45) is 0 Å². The highest BCUT2D eigenvalue weighted by Gasteiger charge is 2.22. The van der Waals surface area contributed by atoms with Gasteiger partial charge in [0.1, 0.15) is 5.69 Å². The first kappa shape index (κ1) is 17.0. The summed E-state index contributed by atoms with van der Waals surface area (Å²) in [4.78, 5) is 23.5. The van der Waals surface area contributed by atoms with E-state index >= 15 is 0 Å². The number of aryl methyl sites for hydroxylation is 1. The van der Waals surface area contributed by atoms with Crippen LogP contribution in [0, 0.1) is 6.92 Å². The Kier molecular flexibility index (Phi) is 4.42. The molecule has 0 aromatic carbocycles. The van der Waals surface area contributed by atoms with Crippen LogP contribution in [0.15, 0.2) is 57.8 Å². The van der Waals surface area contributed by atoms with Gasteiger partial charge in [-0.2, -0.15) is 0 Å². The van der Waals surface area contributed by atoms with Gasteiger partial charge in [0.25, 0.3) is 11.6 Å². The van der Waals surface area contributed by atoms with E-state index in [1.165, 1.54) is 0 Å². The zero-order valence-electron chi connectivity index (χ0n) is 15.0. The lowest BCUT2D eigenvalue weighted by atomic mass is 10.1. The van der Waals surface area contributed by atoms with Crippen LogP contribution in [0.25, 0.3) is 22.6 Å². The SMILES string of the molecule is Cc1noc2nc(-c3ccco3)cc(C(=O)N(C)CCc3ccccn3)c12. The molecule has 4 aromatic heterocycles. The molecule has 0 unspecified atom stereocenters. The maximum atomic E-state index is 13.1. The normalized spacial score (nSPS) is 11.0. The van der Waals surface area contributed by atoms with Crippen molar-refractivity contribution >= 4 is 17.0 Å². The highest BCUT2D eigenvalue weighted by Crippen LogP contribution is 2.28. The number of hydrogen-bond acceptors (Lipinski definition) is 6. The first-order valence-electron chi connectivity index (χ1n) is 8.60. The minimum absolute atomic E-state index is 0.127. The van der Waals surface area contributed by atoms with Crippen LogP contribution < -0.4 is 0 Å². The van der Waals surface area contributed by atoms with Crippen molar-refractivity contribution in [1.82, 2.24) is 20.0 Å². The molecule has 0 N–H and O–H groups in total. The van der Waals surface area contributed by atoms with Gasteiger partial charge in [0.15, 0.2) is 5.76 Å². The smallest absolute Gasteiger partial charge is 0.259 e. The zero-order valence-corrected chi connectivity index (χ0v) is 15.0. The number of carbonyl (C=O) groups excluding carboxylic acids is 1. The van der Waals surface area contributed by atoms with E-state index < -0.39 is 0 Å². The maximum Gasteiger partial charge on any atom is 0.259 e. The van der Waals surface area contributed by atoms with E-state index in [1.807, 2.05) is 18.2 Å². The molecule has 7 heteroatoms. The molecule has 0 fully saturated rings. The summed E-state index contributed by atoms with van der Waals surface area (Å²) >= 11 is 0. The van der Waals surface area contributed by atoms with E-state index in [1.54, 1.807) is 49.5 Å². The predicted molar refractivity (Wildman–Crippen MR) is 99.1 cm³/mol. The largest absolute Gasteiger partial charge is 0.463 e. The van der Waals surface area contributed by atoms with Crippen LogP contribution in [0.5, 0.6) is 0 Å². The molecule has 0 aliphatic carbocycles. The molecule has 0 aliphatic heterocycles. The number of carbonyl (C=O) groups is 1. The number of hydrogen-bond donors (Lipinski definition) is 0. The molecule has 27 heavy (non-hydrogen) atoms. The lowest BCUT2D eigenvalue weighted by molar-refractivity contribution is 0.0798. The standard InChI is InChI=1S/C20H18N4O3/c1-13-18-15(20(25)24(2)10-8-14-6-3-4-9-21-14)12-16(17-7-5-11-26-17)22-19(18)27-23-13/h3-7,9,11-12H,8,10H2,1-2H3. The predicted octanol–water partition coefficient (Wildman–Crippen LogP) is 3.50. The molecule has 7 nitrogen and oxygen atoms in total. The quantitative estimate of drug-likeness (QED) is 0.540. The Bertz CT molecular complexity index is 1070. The molecular formula is C20H18N4O3. The van der Waals surface area contributed by atoms with Crippen LogP contribution in [0.1, 0.15) is 21.7 Å². The van der Waals surface area contributed by atoms with E-state index in [2.05, 4.69) is 15.1 Å². The fourth-order valence-corrected chi connectivity index (χ4v) is 2.95. The molecule has 0 radical (unpaired) electrons. The number of rotatable bonds is 5. The fraction of sp³-hybridized carbons (Fsp3) is 0.200. The molecule has 0 aliphatic rings. The highest BCUT2D eigenvalue weighted by molar-refractivity contribution is 6.06. The van der Waals surface area contributed by atoms with Gasteiger partial charge in [-0.15, -0.1) is 0 Å². The summed E-state index contributed by atoms with van der Waals surface area (Å²) in [5.74, 6) is 0.438. The lowest BCUT2D eigenvalue weighted by Crippen LogP contribution is -2.29. The van der Waals surface area contributed by atoms with Crippen LogP contribution >= 0.6 is 0 Å². The molecule has 4 aromatic rings. The summed E-state index contributed by atoms with van der Waals surface area (Å²) in [6.07, 6.45) is 3.98. The lowest BCUT2D eigenvalue weighted by Gasteiger charge is -2.17. The average Bonchev–Trinajstić information content (AvgIpc) is 3.36. The summed E-state index contributed by atoms with van der Waals surface area (Å²) in [6, 6.07) is 11.0. The van der Waals surface area contributed by atoms with Gasteiger partial charge in [0.05, 0.1) is 22.9 Å². The van der Waals surface area contributed by atoms with Gasteiger partial charge in [0, 0.05) is 31.9 Å². The van der Waals surface area contributed by atoms with Crippen LogP contribution in [0.2, 0.25) is 0 Å². The highest BCUT2D eigenvalue weighted by atomic mass is 16.5. The van der Waals surface area contributed by atoms with E-state index in [0.717, 1.165) is 5.69 Å². The van der Waals surface area contributed by atoms with Gasteiger partial charge in [-0.25, -0.2) is 4.98 Å². The Balaban J connectivity index is 1.66. The van der Waals surface area contributed by atoms with Gasteiger partial charge in [0.2, 0.25) is 0 Å². The van der Waals surface area contributed by atoms with Gasteiger partial charge in [-0.05, 0) is 37.3 Å². The second-order valence-corrected chi connectivity index (χ2v) is 6.28. The average molecular weight is 362 g/mol. The van der Waals surface area contributed by atoms with Crippen molar-refractivity contribution in [3.63, 3.8) is 0 Å². The van der Waals surface area contributed by atoms with Gasteiger partial charge in [-0.1, -0.05) is 11.2 Å². The minimum Gasteiger partial charge on any atom is -0.463 e. The first-order chi connectivity index (χ1) is 13.1. The molecule has 1 amide bonds. The minimum atomic E-state index is -0.127. The third kappa shape index (κ3) is 3.31. The maximum absolute atomic E-state index is 13.1. The monoisotopic (exact) mass is 362 g/mol. The van der Waals surface area contributed by atoms with Gasteiger partial charge in [-0.3, -0.25) is 9.78 Å². The Hall–Kier alpha value is -3.48. The molecule has 4 rings (SSSR count). The molecule has 136 valence electrons. The van der Waals surface area contributed by atoms with E-state index in [4.69, 9.17) is 8.94 Å². The van der Waals surface area contributed by atoms with Gasteiger partial charge < -0.3 is 13.8 Å². The third-order valence-electron chi connectivity index (χ3n) is 4.40. The van der Waals surface area contributed by atoms with Crippen molar-refractivity contribution in [3.8, 4) is 11.5 Å². The molecule has 0 saturated carbocycles. The summed E-state index contributed by atoms with van der Waals surface area (Å²) in [6.45, 7) is 2.34. The molecule has 0 spiro atoms. The van der Waals surface area contributed by atoms with E-state index in [9.17, 15) is 4.79 Å². The number of aromatic nitrogens is 3. The number of nitrogens with zero attached hydrogens (tertiary/aromatic N) is 4. The van der Waals surface area contributed by atoms with Crippen LogP contribution in [0.4, 0.5) is 0 Å². The van der Waals surface area contributed by atoms with Gasteiger partial charge >= 0.3 is 0 Å². The Morgan fingerprint density at radius 1 is 1.22 bits per heavy atom. The van der Waals surface area contributed by atoms with E-state index in [0.29, 0.717) is 46.8 Å². The fourth-order valence-electron chi connectivity index (χ4n) is 2.95. The number of likely N-dealkylation sites (N-methyl/N-ethyl adjacent to an activating group) is 1. The molecule has 4 heterocycles. The van der Waals surface area contributed by atoms with Crippen molar-refractivity contribution in [3.05, 3.63) is 65.8 Å². The van der Waals surface area contributed by atoms with E-state index in [-0.39, 0.29) is 5.91 Å². The number of fused-ring (bicyclic) bond motifs is 1. The Morgan fingerprint density at radius 3 is 2.85 bits per heavy atom. The number of pyridine rings is 2. The van der Waals surface area contributed by atoms with Crippen LogP contribution in [-0.2, 0) is 6.42 Å². The summed E-state index contributed by atoms with van der Waals surface area (Å²) in [7, 11) is 1.77. The molecular weight excluding hydrogens is 344 g/mol. The topological polar surface area (TPSA) is 85.3 Å². The second-order valence-electron chi connectivity index (χ2n) is 6.28. The molecule has 0 saturated heterocycles.